The average molecular weight is 340 g/mol. The van der Waals surface area contributed by atoms with Gasteiger partial charge in [-0.05, 0) is 43.4 Å². The molecule has 3 rings (SSSR count). The molecule has 0 bridgehead atoms. The SMILES string of the molecule is O=C1CCC2C(CCCC2C(=O)Nc2cccc(C(F)(F)F)c2)N1. The van der Waals surface area contributed by atoms with Crippen LogP contribution in [0.1, 0.15) is 37.7 Å². The number of nitrogens with one attached hydrogen (secondary N) is 2. The van der Waals surface area contributed by atoms with Crippen molar-refractivity contribution in [2.24, 2.45) is 11.8 Å². The third-order valence-electron chi connectivity index (χ3n) is 4.91. The third kappa shape index (κ3) is 3.55. The van der Waals surface area contributed by atoms with Crippen molar-refractivity contribution < 1.29 is 22.8 Å². The molecule has 2 N–H and O–H groups in total. The van der Waals surface area contributed by atoms with E-state index in [0.717, 1.165) is 25.0 Å². The molecule has 4 nitrogen and oxygen atoms in total. The summed E-state index contributed by atoms with van der Waals surface area (Å²) < 4.78 is 38.3. The van der Waals surface area contributed by atoms with Gasteiger partial charge < -0.3 is 10.6 Å². The van der Waals surface area contributed by atoms with Crippen molar-refractivity contribution in [1.82, 2.24) is 5.32 Å². The molecule has 1 saturated heterocycles. The fraction of sp³-hybridized carbons (Fsp3) is 0.529. The molecule has 1 saturated carbocycles. The van der Waals surface area contributed by atoms with Crippen molar-refractivity contribution in [3.05, 3.63) is 29.8 Å². The Morgan fingerprint density at radius 1 is 1.21 bits per heavy atom. The van der Waals surface area contributed by atoms with Crippen LogP contribution < -0.4 is 10.6 Å². The van der Waals surface area contributed by atoms with Crippen LogP contribution in [0.5, 0.6) is 0 Å². The maximum Gasteiger partial charge on any atom is 0.416 e. The van der Waals surface area contributed by atoms with Gasteiger partial charge in [-0.15, -0.1) is 0 Å². The molecule has 7 heteroatoms. The first-order valence-corrected chi connectivity index (χ1v) is 8.12. The lowest BCUT2D eigenvalue weighted by atomic mass is 9.71. The van der Waals surface area contributed by atoms with E-state index in [-0.39, 0.29) is 35.4 Å². The topological polar surface area (TPSA) is 58.2 Å². The van der Waals surface area contributed by atoms with Crippen LogP contribution in [0, 0.1) is 11.8 Å². The second kappa shape index (κ2) is 6.45. The zero-order chi connectivity index (χ0) is 17.3. The molecule has 0 spiro atoms. The van der Waals surface area contributed by atoms with E-state index in [2.05, 4.69) is 10.6 Å². The highest BCUT2D eigenvalue weighted by Crippen LogP contribution is 2.37. The van der Waals surface area contributed by atoms with Gasteiger partial charge in [0.25, 0.3) is 0 Å². The first kappa shape index (κ1) is 16.8. The Balaban J connectivity index is 1.71. The molecular weight excluding hydrogens is 321 g/mol. The first-order valence-electron chi connectivity index (χ1n) is 8.12. The molecule has 2 fully saturated rings. The minimum atomic E-state index is -4.44. The Labute approximate surface area is 137 Å². The first-order chi connectivity index (χ1) is 11.3. The third-order valence-corrected chi connectivity index (χ3v) is 4.91. The van der Waals surface area contributed by atoms with Gasteiger partial charge in [-0.2, -0.15) is 13.2 Å². The van der Waals surface area contributed by atoms with Crippen LogP contribution in [0.25, 0.3) is 0 Å². The number of piperidine rings is 1. The van der Waals surface area contributed by atoms with E-state index in [1.54, 1.807) is 0 Å². The molecule has 0 radical (unpaired) electrons. The Kier molecular flexibility index (Phi) is 4.51. The summed E-state index contributed by atoms with van der Waals surface area (Å²) in [6, 6.07) is 4.65. The fourth-order valence-electron chi connectivity index (χ4n) is 3.76. The zero-order valence-corrected chi connectivity index (χ0v) is 13.0. The van der Waals surface area contributed by atoms with Gasteiger partial charge in [0, 0.05) is 24.1 Å². The summed E-state index contributed by atoms with van der Waals surface area (Å²) >= 11 is 0. The molecule has 1 aliphatic heterocycles. The number of alkyl halides is 3. The number of halogens is 3. The van der Waals surface area contributed by atoms with Crippen LogP contribution >= 0.6 is 0 Å². The highest BCUT2D eigenvalue weighted by Gasteiger charge is 2.40. The lowest BCUT2D eigenvalue weighted by molar-refractivity contribution is -0.137. The maximum absolute atomic E-state index is 12.8. The number of amides is 2. The van der Waals surface area contributed by atoms with Gasteiger partial charge in [0.05, 0.1) is 5.56 Å². The van der Waals surface area contributed by atoms with Crippen molar-refractivity contribution in [1.29, 1.82) is 0 Å². The van der Waals surface area contributed by atoms with Crippen LogP contribution in [0.15, 0.2) is 24.3 Å². The van der Waals surface area contributed by atoms with E-state index < -0.39 is 11.7 Å². The summed E-state index contributed by atoms with van der Waals surface area (Å²) in [5, 5.41) is 5.55. The molecule has 130 valence electrons. The van der Waals surface area contributed by atoms with Gasteiger partial charge in [0.2, 0.25) is 11.8 Å². The minimum Gasteiger partial charge on any atom is -0.353 e. The Morgan fingerprint density at radius 3 is 2.75 bits per heavy atom. The maximum atomic E-state index is 12.8. The number of fused-ring (bicyclic) bond motifs is 1. The average Bonchev–Trinajstić information content (AvgIpc) is 2.53. The molecule has 2 aliphatic rings. The van der Waals surface area contributed by atoms with E-state index in [9.17, 15) is 22.8 Å². The van der Waals surface area contributed by atoms with Gasteiger partial charge in [0.1, 0.15) is 0 Å². The molecular formula is C17H19F3N2O2. The summed E-state index contributed by atoms with van der Waals surface area (Å²) in [7, 11) is 0. The molecule has 1 aromatic rings. The zero-order valence-electron chi connectivity index (χ0n) is 13.0. The lowest BCUT2D eigenvalue weighted by Crippen LogP contribution is -2.51. The number of carbonyl (C=O) groups excluding carboxylic acids is 2. The second-order valence-electron chi connectivity index (χ2n) is 6.48. The van der Waals surface area contributed by atoms with Gasteiger partial charge in [-0.25, -0.2) is 0 Å². The number of carbonyl (C=O) groups is 2. The molecule has 1 aromatic carbocycles. The molecule has 0 aromatic heterocycles. The van der Waals surface area contributed by atoms with Crippen molar-refractivity contribution in [3.8, 4) is 0 Å². The van der Waals surface area contributed by atoms with Crippen molar-refractivity contribution in [2.75, 3.05) is 5.32 Å². The second-order valence-corrected chi connectivity index (χ2v) is 6.48. The Bertz CT molecular complexity index is 645. The number of benzene rings is 1. The summed E-state index contributed by atoms with van der Waals surface area (Å²) in [6.07, 6.45) is -1.02. The van der Waals surface area contributed by atoms with Crippen LogP contribution in [0.2, 0.25) is 0 Å². The molecule has 1 aliphatic carbocycles. The van der Waals surface area contributed by atoms with Crippen LogP contribution in [0.4, 0.5) is 18.9 Å². The van der Waals surface area contributed by atoms with Gasteiger partial charge in [0.15, 0.2) is 0 Å². The van der Waals surface area contributed by atoms with Crippen molar-refractivity contribution in [3.63, 3.8) is 0 Å². The van der Waals surface area contributed by atoms with E-state index in [1.807, 2.05) is 0 Å². The molecule has 1 heterocycles. The lowest BCUT2D eigenvalue weighted by Gasteiger charge is -2.40. The van der Waals surface area contributed by atoms with Crippen LogP contribution in [0.3, 0.4) is 0 Å². The van der Waals surface area contributed by atoms with Gasteiger partial charge >= 0.3 is 6.18 Å². The largest absolute Gasteiger partial charge is 0.416 e. The van der Waals surface area contributed by atoms with E-state index >= 15 is 0 Å². The van der Waals surface area contributed by atoms with Crippen LogP contribution in [-0.4, -0.2) is 17.9 Å². The van der Waals surface area contributed by atoms with Gasteiger partial charge in [-0.3, -0.25) is 9.59 Å². The molecule has 24 heavy (non-hydrogen) atoms. The van der Waals surface area contributed by atoms with Gasteiger partial charge in [-0.1, -0.05) is 12.5 Å². The normalized spacial score (nSPS) is 27.1. The van der Waals surface area contributed by atoms with Crippen molar-refractivity contribution >= 4 is 17.5 Å². The summed E-state index contributed by atoms with van der Waals surface area (Å²) in [5.41, 5.74) is -0.636. The smallest absolute Gasteiger partial charge is 0.353 e. The quantitative estimate of drug-likeness (QED) is 0.867. The number of rotatable bonds is 2. The minimum absolute atomic E-state index is 0.00254. The highest BCUT2D eigenvalue weighted by atomic mass is 19.4. The number of hydrogen-bond acceptors (Lipinski definition) is 2. The number of anilines is 1. The molecule has 3 atom stereocenters. The van der Waals surface area contributed by atoms with Crippen LogP contribution in [-0.2, 0) is 15.8 Å². The molecule has 3 unspecified atom stereocenters. The summed E-state index contributed by atoms with van der Waals surface area (Å²) in [4.78, 5) is 24.1. The molecule has 2 amide bonds. The predicted molar refractivity (Wildman–Crippen MR) is 82.1 cm³/mol. The van der Waals surface area contributed by atoms with Crippen molar-refractivity contribution in [2.45, 2.75) is 44.3 Å². The van der Waals surface area contributed by atoms with E-state index in [1.165, 1.54) is 12.1 Å². The predicted octanol–water partition coefficient (Wildman–Crippen LogP) is 3.34. The van der Waals surface area contributed by atoms with E-state index in [4.69, 9.17) is 0 Å². The summed E-state index contributed by atoms with van der Waals surface area (Å²) in [6.45, 7) is 0. The highest BCUT2D eigenvalue weighted by molar-refractivity contribution is 5.93. The fourth-order valence-corrected chi connectivity index (χ4v) is 3.76. The number of hydrogen-bond donors (Lipinski definition) is 2. The van der Waals surface area contributed by atoms with E-state index in [0.29, 0.717) is 19.3 Å². The monoisotopic (exact) mass is 340 g/mol. The summed E-state index contributed by atoms with van der Waals surface area (Å²) in [5.74, 6) is -0.475. The standard InChI is InChI=1S/C17H19F3N2O2/c18-17(19,20)10-3-1-4-11(9-10)21-16(24)13-5-2-6-14-12(13)7-8-15(23)22-14/h1,3-4,9,12-14H,2,5-8H2,(H,21,24)(H,22,23). The Hall–Kier alpha value is -2.05. The Morgan fingerprint density at radius 2 is 2.00 bits per heavy atom.